The highest BCUT2D eigenvalue weighted by molar-refractivity contribution is 9.10. The van der Waals surface area contributed by atoms with Gasteiger partial charge in [0.15, 0.2) is 5.54 Å². The minimum atomic E-state index is -1.14. The molecule has 1 heterocycles. The predicted octanol–water partition coefficient (Wildman–Crippen LogP) is 5.54. The van der Waals surface area contributed by atoms with Crippen LogP contribution in [0.3, 0.4) is 0 Å². The molecule has 0 saturated carbocycles. The molecule has 0 aromatic heterocycles. The van der Waals surface area contributed by atoms with E-state index in [1.807, 2.05) is 72.8 Å². The van der Waals surface area contributed by atoms with Crippen LogP contribution in [0.2, 0.25) is 0 Å². The van der Waals surface area contributed by atoms with Crippen LogP contribution in [0.5, 0.6) is 0 Å². The molecule has 1 atom stereocenters. The first-order chi connectivity index (χ1) is 13.7. The lowest BCUT2D eigenvalue weighted by atomic mass is 9.79. The summed E-state index contributed by atoms with van der Waals surface area (Å²) in [6, 6.07) is 27.1. The van der Waals surface area contributed by atoms with E-state index in [1.165, 1.54) is 0 Å². The van der Waals surface area contributed by atoms with Crippen molar-refractivity contribution in [3.63, 3.8) is 0 Å². The predicted molar refractivity (Wildman–Crippen MR) is 113 cm³/mol. The number of carbonyl (C=O) groups excluding carboxylic acids is 1. The molecule has 0 fully saturated rings. The molecule has 0 bridgehead atoms. The van der Waals surface area contributed by atoms with Crippen molar-refractivity contribution in [3.8, 4) is 6.07 Å². The summed E-state index contributed by atoms with van der Waals surface area (Å²) in [5, 5.41) is 10.4. The number of hydrogen-bond donors (Lipinski definition) is 0. The number of nitriles is 1. The molecule has 3 nitrogen and oxygen atoms in total. The van der Waals surface area contributed by atoms with Gasteiger partial charge in [0.2, 0.25) is 0 Å². The van der Waals surface area contributed by atoms with Crippen LogP contribution in [0.1, 0.15) is 27.0 Å². The summed E-state index contributed by atoms with van der Waals surface area (Å²) in [6.45, 7) is 0. The molecule has 0 N–H and O–H groups in total. The molecule has 1 aliphatic rings. The monoisotopic (exact) mass is 428 g/mol. The van der Waals surface area contributed by atoms with Gasteiger partial charge < -0.3 is 0 Å². The van der Waals surface area contributed by atoms with E-state index in [2.05, 4.69) is 22.0 Å². The molecule has 1 amide bonds. The number of rotatable bonds is 3. The summed E-state index contributed by atoms with van der Waals surface area (Å²) >= 11 is 3.59. The number of amides is 1. The van der Waals surface area contributed by atoms with E-state index in [0.717, 1.165) is 21.2 Å². The summed E-state index contributed by atoms with van der Waals surface area (Å²) in [5.41, 5.74) is 2.17. The van der Waals surface area contributed by atoms with Gasteiger partial charge in [0, 0.05) is 22.7 Å². The molecule has 4 rings (SSSR count). The van der Waals surface area contributed by atoms with Gasteiger partial charge in [0.25, 0.3) is 5.91 Å². The zero-order valence-electron chi connectivity index (χ0n) is 15.0. The van der Waals surface area contributed by atoms with Crippen LogP contribution in [0.25, 0.3) is 6.08 Å². The number of hydrogen-bond acceptors (Lipinski definition) is 2. The van der Waals surface area contributed by atoms with Gasteiger partial charge in [-0.2, -0.15) is 5.26 Å². The maximum atomic E-state index is 13.4. The molecule has 1 aliphatic heterocycles. The second-order valence-corrected chi connectivity index (χ2v) is 7.54. The Bertz CT molecular complexity index is 1100. The first-order valence-corrected chi connectivity index (χ1v) is 9.76. The van der Waals surface area contributed by atoms with Gasteiger partial charge >= 0.3 is 0 Å². The lowest BCUT2D eigenvalue weighted by Gasteiger charge is -2.40. The summed E-state index contributed by atoms with van der Waals surface area (Å²) in [7, 11) is 0. The quantitative estimate of drug-likeness (QED) is 0.549. The lowest BCUT2D eigenvalue weighted by molar-refractivity contribution is 0.0697. The lowest BCUT2D eigenvalue weighted by Crippen LogP contribution is -2.49. The van der Waals surface area contributed by atoms with E-state index < -0.39 is 5.54 Å². The van der Waals surface area contributed by atoms with Crippen molar-refractivity contribution in [1.82, 2.24) is 4.90 Å². The van der Waals surface area contributed by atoms with Gasteiger partial charge in [0.1, 0.15) is 0 Å². The summed E-state index contributed by atoms with van der Waals surface area (Å²) in [6.07, 6.45) is 4.01. The Kier molecular flexibility index (Phi) is 4.85. The van der Waals surface area contributed by atoms with Crippen LogP contribution in [-0.2, 0) is 12.0 Å². The van der Waals surface area contributed by atoms with Crippen LogP contribution < -0.4 is 0 Å². The second-order valence-electron chi connectivity index (χ2n) is 6.68. The molecule has 0 radical (unpaired) electrons. The first kappa shape index (κ1) is 18.2. The van der Waals surface area contributed by atoms with E-state index in [0.29, 0.717) is 12.0 Å². The fourth-order valence-electron chi connectivity index (χ4n) is 3.64. The largest absolute Gasteiger partial charge is 0.291 e. The zero-order chi connectivity index (χ0) is 19.6. The van der Waals surface area contributed by atoms with Gasteiger partial charge in [-0.25, -0.2) is 0 Å². The topological polar surface area (TPSA) is 44.1 Å². The van der Waals surface area contributed by atoms with Crippen molar-refractivity contribution >= 4 is 27.9 Å². The Morgan fingerprint density at radius 2 is 1.64 bits per heavy atom. The molecular weight excluding hydrogens is 412 g/mol. The second kappa shape index (κ2) is 7.46. The molecule has 1 unspecified atom stereocenters. The third-order valence-corrected chi connectivity index (χ3v) is 5.82. The van der Waals surface area contributed by atoms with Gasteiger partial charge in [-0.3, -0.25) is 9.69 Å². The number of halogens is 1. The van der Waals surface area contributed by atoms with Crippen molar-refractivity contribution < 1.29 is 4.79 Å². The Labute approximate surface area is 172 Å². The molecule has 136 valence electrons. The Morgan fingerprint density at radius 3 is 2.39 bits per heavy atom. The van der Waals surface area contributed by atoms with E-state index in [-0.39, 0.29) is 5.91 Å². The summed E-state index contributed by atoms with van der Waals surface area (Å²) in [4.78, 5) is 14.9. The maximum Gasteiger partial charge on any atom is 0.259 e. The van der Waals surface area contributed by atoms with Crippen molar-refractivity contribution in [2.45, 2.75) is 12.0 Å². The smallest absolute Gasteiger partial charge is 0.259 e. The van der Waals surface area contributed by atoms with Crippen molar-refractivity contribution in [1.29, 1.82) is 5.26 Å². The van der Waals surface area contributed by atoms with Gasteiger partial charge in [-0.05, 0) is 41.0 Å². The van der Waals surface area contributed by atoms with Crippen molar-refractivity contribution in [3.05, 3.63) is 112 Å². The SMILES string of the molecule is N#CC1(Cc2ccccc2Br)c2ccccc2C=CN1C(=O)c1ccccc1. The molecule has 0 saturated heterocycles. The summed E-state index contributed by atoms with van der Waals surface area (Å²) in [5.74, 6) is -0.194. The zero-order valence-corrected chi connectivity index (χ0v) is 16.6. The molecule has 0 spiro atoms. The molecular formula is C24H17BrN2O. The standard InChI is InChI=1S/C24H17BrN2O/c25-22-13-7-5-11-20(22)16-24(17-26)21-12-6-4-8-18(21)14-15-27(24)23(28)19-9-2-1-3-10-19/h1-15H,16H2. The third kappa shape index (κ3) is 3.04. The van der Waals surface area contributed by atoms with Crippen LogP contribution >= 0.6 is 15.9 Å². The van der Waals surface area contributed by atoms with E-state index in [4.69, 9.17) is 0 Å². The molecule has 3 aromatic carbocycles. The Hall–Kier alpha value is -3.16. The normalized spacial score (nSPS) is 17.6. The highest BCUT2D eigenvalue weighted by atomic mass is 79.9. The van der Waals surface area contributed by atoms with Gasteiger partial charge in [-0.1, -0.05) is 76.6 Å². The van der Waals surface area contributed by atoms with Crippen LogP contribution in [0.4, 0.5) is 0 Å². The van der Waals surface area contributed by atoms with Crippen LogP contribution in [0, 0.1) is 11.3 Å². The van der Waals surface area contributed by atoms with E-state index in [9.17, 15) is 10.1 Å². The van der Waals surface area contributed by atoms with E-state index >= 15 is 0 Å². The van der Waals surface area contributed by atoms with Gasteiger partial charge in [0.05, 0.1) is 6.07 Å². The third-order valence-electron chi connectivity index (χ3n) is 5.05. The Morgan fingerprint density at radius 1 is 0.964 bits per heavy atom. The molecule has 3 aromatic rings. The fraction of sp³-hybridized carbons (Fsp3) is 0.0833. The number of benzene rings is 3. The maximum absolute atomic E-state index is 13.4. The molecule has 28 heavy (non-hydrogen) atoms. The Balaban J connectivity index is 1.89. The average molecular weight is 429 g/mol. The fourth-order valence-corrected chi connectivity index (χ4v) is 4.07. The number of fused-ring (bicyclic) bond motifs is 1. The van der Waals surface area contributed by atoms with Crippen LogP contribution in [-0.4, -0.2) is 10.8 Å². The molecule has 4 heteroatoms. The first-order valence-electron chi connectivity index (χ1n) is 8.97. The minimum absolute atomic E-state index is 0.194. The van der Waals surface area contributed by atoms with E-state index in [1.54, 1.807) is 23.2 Å². The average Bonchev–Trinajstić information content (AvgIpc) is 2.75. The highest BCUT2D eigenvalue weighted by Gasteiger charge is 2.44. The van der Waals surface area contributed by atoms with Crippen LogP contribution in [0.15, 0.2) is 89.5 Å². The van der Waals surface area contributed by atoms with Gasteiger partial charge in [-0.15, -0.1) is 0 Å². The number of carbonyl (C=O) groups is 1. The number of nitrogens with zero attached hydrogens (tertiary/aromatic N) is 2. The van der Waals surface area contributed by atoms with Crippen molar-refractivity contribution in [2.75, 3.05) is 0 Å². The highest BCUT2D eigenvalue weighted by Crippen LogP contribution is 2.40. The van der Waals surface area contributed by atoms with Crippen molar-refractivity contribution in [2.24, 2.45) is 0 Å². The minimum Gasteiger partial charge on any atom is -0.291 e. The molecule has 0 aliphatic carbocycles. The summed E-state index contributed by atoms with van der Waals surface area (Å²) < 4.78 is 0.920.